The summed E-state index contributed by atoms with van der Waals surface area (Å²) in [6, 6.07) is 0.403. The van der Waals surface area contributed by atoms with E-state index in [1.807, 2.05) is 0 Å². The molecule has 2 N–H and O–H groups in total. The minimum Gasteiger partial charge on any atom is -0.465 e. The molecular weight excluding hydrogens is 493 g/mol. The van der Waals surface area contributed by atoms with Crippen molar-refractivity contribution in [3.63, 3.8) is 0 Å². The summed E-state index contributed by atoms with van der Waals surface area (Å²) in [6.45, 7) is -0.540. The van der Waals surface area contributed by atoms with E-state index in [9.17, 15) is 23.5 Å². The van der Waals surface area contributed by atoms with Gasteiger partial charge in [-0.3, -0.25) is 4.79 Å². The molecule has 6 nitrogen and oxygen atoms in total. The monoisotopic (exact) mass is 504 g/mol. The molecular formula is C13H12BrF2IN2O4. The number of aliphatic hydroxyl groups is 1. The van der Waals surface area contributed by atoms with Gasteiger partial charge in [0.1, 0.15) is 0 Å². The van der Waals surface area contributed by atoms with Crippen LogP contribution in [0.5, 0.6) is 0 Å². The maximum Gasteiger partial charge on any atom is 0.407 e. The summed E-state index contributed by atoms with van der Waals surface area (Å²) in [5, 5.41) is 18.4. The third kappa shape index (κ3) is 3.58. The second kappa shape index (κ2) is 7.26. The topological polar surface area (TPSA) is 81.1 Å². The highest BCUT2D eigenvalue weighted by Gasteiger charge is 2.34. The number of halogens is 4. The number of carbonyl (C=O) groups excluding carboxylic acids is 1. The van der Waals surface area contributed by atoms with Crippen molar-refractivity contribution in [2.24, 2.45) is 0 Å². The van der Waals surface area contributed by atoms with Crippen molar-refractivity contribution in [2.75, 3.05) is 26.2 Å². The summed E-state index contributed by atoms with van der Waals surface area (Å²) in [5.74, 6) is -3.22. The van der Waals surface area contributed by atoms with Crippen molar-refractivity contribution < 1.29 is 28.6 Å². The zero-order valence-corrected chi connectivity index (χ0v) is 15.3. The predicted octanol–water partition coefficient (Wildman–Crippen LogP) is 2.13. The number of nitrogens with zero attached hydrogens (tertiary/aromatic N) is 2. The van der Waals surface area contributed by atoms with Crippen molar-refractivity contribution in [1.82, 2.24) is 9.80 Å². The number of benzene rings is 1. The lowest BCUT2D eigenvalue weighted by atomic mass is 10.1. The molecule has 1 heterocycles. The number of amides is 2. The minimum absolute atomic E-state index is 0.00986. The normalized spacial score (nSPS) is 18.2. The average Bonchev–Trinajstić information content (AvgIpc) is 2.54. The quantitative estimate of drug-likeness (QED) is 0.367. The SMILES string of the molecule is O=C(O)N1CCN(C(=O)c2cc(I)c(Br)c(F)c2F)C(CO)C1. The van der Waals surface area contributed by atoms with E-state index in [1.165, 1.54) is 11.0 Å². The van der Waals surface area contributed by atoms with Crippen molar-refractivity contribution in [3.05, 3.63) is 31.3 Å². The number of aliphatic hydroxyl groups excluding tert-OH is 1. The van der Waals surface area contributed by atoms with E-state index in [1.54, 1.807) is 22.6 Å². The lowest BCUT2D eigenvalue weighted by Gasteiger charge is -2.39. The Kier molecular flexibility index (Phi) is 5.79. The van der Waals surface area contributed by atoms with Gasteiger partial charge < -0.3 is 20.0 Å². The van der Waals surface area contributed by atoms with Gasteiger partial charge in [-0.05, 0) is 44.6 Å². The highest BCUT2D eigenvalue weighted by atomic mass is 127. The van der Waals surface area contributed by atoms with Crippen LogP contribution in [0.4, 0.5) is 13.6 Å². The Labute approximate surface area is 152 Å². The van der Waals surface area contributed by atoms with E-state index in [2.05, 4.69) is 15.9 Å². The van der Waals surface area contributed by atoms with E-state index in [-0.39, 0.29) is 24.1 Å². The first-order chi connectivity index (χ1) is 10.8. The van der Waals surface area contributed by atoms with Crippen molar-refractivity contribution in [1.29, 1.82) is 0 Å². The van der Waals surface area contributed by atoms with E-state index in [0.717, 1.165) is 4.90 Å². The zero-order valence-electron chi connectivity index (χ0n) is 11.6. The van der Waals surface area contributed by atoms with Crippen LogP contribution in [0.15, 0.2) is 10.5 Å². The van der Waals surface area contributed by atoms with Gasteiger partial charge in [-0.1, -0.05) is 0 Å². The van der Waals surface area contributed by atoms with Crippen molar-refractivity contribution in [3.8, 4) is 0 Å². The highest BCUT2D eigenvalue weighted by Crippen LogP contribution is 2.28. The molecule has 1 atom stereocenters. The van der Waals surface area contributed by atoms with E-state index in [4.69, 9.17) is 5.11 Å². The van der Waals surface area contributed by atoms with Crippen LogP contribution in [0.25, 0.3) is 0 Å². The summed E-state index contributed by atoms with van der Waals surface area (Å²) in [7, 11) is 0. The molecule has 126 valence electrons. The van der Waals surface area contributed by atoms with Gasteiger partial charge >= 0.3 is 6.09 Å². The summed E-state index contributed by atoms with van der Waals surface area (Å²) < 4.78 is 28.1. The van der Waals surface area contributed by atoms with Crippen LogP contribution in [-0.2, 0) is 0 Å². The first kappa shape index (κ1) is 18.3. The molecule has 1 saturated heterocycles. The van der Waals surface area contributed by atoms with Crippen LogP contribution in [0.2, 0.25) is 0 Å². The predicted molar refractivity (Wildman–Crippen MR) is 88.3 cm³/mol. The van der Waals surface area contributed by atoms with E-state index < -0.39 is 41.8 Å². The fourth-order valence-electron chi connectivity index (χ4n) is 2.34. The molecule has 0 saturated carbocycles. The second-order valence-electron chi connectivity index (χ2n) is 4.91. The van der Waals surface area contributed by atoms with Gasteiger partial charge in [0.2, 0.25) is 0 Å². The molecule has 2 rings (SSSR count). The summed E-state index contributed by atoms with van der Waals surface area (Å²) in [5.41, 5.74) is -0.447. The first-order valence-electron chi connectivity index (χ1n) is 6.50. The third-order valence-electron chi connectivity index (χ3n) is 3.56. The van der Waals surface area contributed by atoms with Crippen molar-refractivity contribution >= 4 is 50.5 Å². The Hall–Kier alpha value is -1.01. The van der Waals surface area contributed by atoms with E-state index in [0.29, 0.717) is 3.57 Å². The van der Waals surface area contributed by atoms with Gasteiger partial charge in [0.15, 0.2) is 11.6 Å². The lowest BCUT2D eigenvalue weighted by molar-refractivity contribution is 0.0306. The maximum absolute atomic E-state index is 14.1. The second-order valence-corrected chi connectivity index (χ2v) is 6.87. The van der Waals surface area contributed by atoms with Gasteiger partial charge in [-0.25, -0.2) is 13.6 Å². The summed E-state index contributed by atoms with van der Waals surface area (Å²) >= 11 is 4.66. The number of rotatable bonds is 2. The van der Waals surface area contributed by atoms with Crippen LogP contribution < -0.4 is 0 Å². The molecule has 1 aromatic carbocycles. The molecule has 2 amide bonds. The molecule has 1 aromatic rings. The smallest absolute Gasteiger partial charge is 0.407 e. The number of carbonyl (C=O) groups is 2. The van der Waals surface area contributed by atoms with Gasteiger partial charge in [0.25, 0.3) is 5.91 Å². The molecule has 1 aliphatic rings. The Morgan fingerprint density at radius 1 is 1.35 bits per heavy atom. The molecule has 0 aromatic heterocycles. The molecule has 0 radical (unpaired) electrons. The summed E-state index contributed by atoms with van der Waals surface area (Å²) in [4.78, 5) is 25.7. The van der Waals surface area contributed by atoms with Gasteiger partial charge in [-0.15, -0.1) is 0 Å². The molecule has 1 unspecified atom stereocenters. The van der Waals surface area contributed by atoms with Gasteiger partial charge in [0.05, 0.1) is 22.7 Å². The van der Waals surface area contributed by atoms with Crippen molar-refractivity contribution in [2.45, 2.75) is 6.04 Å². The van der Waals surface area contributed by atoms with Crippen LogP contribution >= 0.6 is 38.5 Å². The van der Waals surface area contributed by atoms with E-state index >= 15 is 0 Å². The molecule has 10 heteroatoms. The third-order valence-corrected chi connectivity index (χ3v) is 5.93. The largest absolute Gasteiger partial charge is 0.465 e. The Morgan fingerprint density at radius 3 is 2.57 bits per heavy atom. The maximum atomic E-state index is 14.1. The molecule has 1 fully saturated rings. The molecule has 0 bridgehead atoms. The van der Waals surface area contributed by atoms with Crippen LogP contribution in [-0.4, -0.2) is 64.3 Å². The first-order valence-corrected chi connectivity index (χ1v) is 8.37. The molecule has 1 aliphatic heterocycles. The number of piperazine rings is 1. The lowest BCUT2D eigenvalue weighted by Crippen LogP contribution is -2.57. The Morgan fingerprint density at radius 2 is 2.00 bits per heavy atom. The molecule has 0 aliphatic carbocycles. The number of hydrogen-bond donors (Lipinski definition) is 2. The number of carboxylic acid groups (broad SMARTS) is 1. The van der Waals surface area contributed by atoms with Gasteiger partial charge in [0, 0.05) is 23.2 Å². The van der Waals surface area contributed by atoms with Crippen LogP contribution in [0.1, 0.15) is 10.4 Å². The Bertz CT molecular complexity index is 661. The molecule has 23 heavy (non-hydrogen) atoms. The van der Waals surface area contributed by atoms with Crippen LogP contribution in [0, 0.1) is 15.2 Å². The highest BCUT2D eigenvalue weighted by molar-refractivity contribution is 14.1. The minimum atomic E-state index is -1.28. The Balaban J connectivity index is 2.32. The zero-order chi connectivity index (χ0) is 17.3. The van der Waals surface area contributed by atoms with Gasteiger partial charge in [-0.2, -0.15) is 0 Å². The van der Waals surface area contributed by atoms with Crippen LogP contribution in [0.3, 0.4) is 0 Å². The summed E-state index contributed by atoms with van der Waals surface area (Å²) in [6.07, 6.45) is -1.16. The number of hydrogen-bond acceptors (Lipinski definition) is 3. The average molecular weight is 505 g/mol. The standard InChI is InChI=1S/C13H12BrF2IN2O4/c14-9-8(17)3-7(10(15)11(9)16)12(21)19-2-1-18(13(22)23)4-6(19)5-20/h3,6,20H,1-2,4-5H2,(H,22,23). The fraction of sp³-hybridized carbons (Fsp3) is 0.385. The molecule has 0 spiro atoms. The fourth-order valence-corrected chi connectivity index (χ4v) is 3.17.